The van der Waals surface area contributed by atoms with Gasteiger partial charge in [-0.15, -0.1) is 0 Å². The average molecular weight is 236 g/mol. The summed E-state index contributed by atoms with van der Waals surface area (Å²) in [5, 5.41) is 0. The van der Waals surface area contributed by atoms with Gasteiger partial charge in [-0.05, 0) is 12.0 Å². The van der Waals surface area contributed by atoms with E-state index in [-0.39, 0.29) is 6.10 Å². The van der Waals surface area contributed by atoms with Gasteiger partial charge in [0.15, 0.2) is 0 Å². The maximum absolute atomic E-state index is 11.2. The molecular formula is C13H16O4. The largest absolute Gasteiger partial charge is 0.550 e. The van der Waals surface area contributed by atoms with E-state index in [4.69, 9.17) is 4.74 Å². The summed E-state index contributed by atoms with van der Waals surface area (Å²) in [7, 11) is 0. The second-order valence-electron chi connectivity index (χ2n) is 3.40. The topological polar surface area (TPSA) is 44.8 Å². The molecule has 0 aliphatic rings. The second-order valence-corrected chi connectivity index (χ2v) is 3.40. The van der Waals surface area contributed by atoms with E-state index in [2.05, 4.69) is 16.4 Å². The van der Waals surface area contributed by atoms with Gasteiger partial charge in [0.1, 0.15) is 12.4 Å². The summed E-state index contributed by atoms with van der Waals surface area (Å²) in [6, 6.07) is 9.51. The molecule has 0 bridgehead atoms. The van der Waals surface area contributed by atoms with Crippen molar-refractivity contribution >= 4 is 6.16 Å². The zero-order valence-electron chi connectivity index (χ0n) is 9.80. The Kier molecular flexibility index (Phi) is 5.64. The van der Waals surface area contributed by atoms with E-state index in [1.807, 2.05) is 37.3 Å². The van der Waals surface area contributed by atoms with E-state index in [1.165, 1.54) is 0 Å². The fourth-order valence-electron chi connectivity index (χ4n) is 1.43. The SMILES string of the molecule is C=COOC(=O)OC(CCC)c1ccccc1. The van der Waals surface area contributed by atoms with Crippen molar-refractivity contribution in [1.82, 2.24) is 0 Å². The van der Waals surface area contributed by atoms with Crippen molar-refractivity contribution < 1.29 is 19.3 Å². The summed E-state index contributed by atoms with van der Waals surface area (Å²) in [5.74, 6) is 0. The Labute approximate surface area is 101 Å². The quantitative estimate of drug-likeness (QED) is 0.326. The Morgan fingerprint density at radius 3 is 2.71 bits per heavy atom. The molecule has 4 heteroatoms. The highest BCUT2D eigenvalue weighted by atomic mass is 17.2. The number of rotatable bonds is 6. The Morgan fingerprint density at radius 1 is 1.41 bits per heavy atom. The summed E-state index contributed by atoms with van der Waals surface area (Å²) < 4.78 is 5.15. The molecule has 1 rings (SSSR count). The minimum Gasteiger partial charge on any atom is -0.424 e. The maximum Gasteiger partial charge on any atom is 0.550 e. The van der Waals surface area contributed by atoms with Crippen molar-refractivity contribution in [1.29, 1.82) is 0 Å². The van der Waals surface area contributed by atoms with Crippen molar-refractivity contribution in [2.24, 2.45) is 0 Å². The summed E-state index contributed by atoms with van der Waals surface area (Å²) >= 11 is 0. The van der Waals surface area contributed by atoms with Gasteiger partial charge in [-0.2, -0.15) is 4.79 Å². The van der Waals surface area contributed by atoms with E-state index in [0.29, 0.717) is 0 Å². The molecule has 0 heterocycles. The summed E-state index contributed by atoms with van der Waals surface area (Å²) in [6.07, 6.45) is 1.45. The van der Waals surface area contributed by atoms with Gasteiger partial charge < -0.3 is 4.74 Å². The normalized spacial score (nSPS) is 11.4. The van der Waals surface area contributed by atoms with Crippen molar-refractivity contribution in [3.05, 3.63) is 48.7 Å². The fourth-order valence-corrected chi connectivity index (χ4v) is 1.43. The first-order chi connectivity index (χ1) is 8.27. The Morgan fingerprint density at radius 2 is 2.12 bits per heavy atom. The molecule has 0 aromatic heterocycles. The van der Waals surface area contributed by atoms with Crippen LogP contribution in [0.25, 0.3) is 0 Å². The van der Waals surface area contributed by atoms with Gasteiger partial charge in [0.25, 0.3) is 0 Å². The van der Waals surface area contributed by atoms with Crippen LogP contribution in [-0.2, 0) is 14.5 Å². The molecule has 0 saturated carbocycles. The van der Waals surface area contributed by atoms with Gasteiger partial charge in [-0.3, -0.25) is 4.89 Å². The summed E-state index contributed by atoms with van der Waals surface area (Å²) in [6.45, 7) is 5.27. The molecule has 0 aliphatic heterocycles. The predicted molar refractivity (Wildman–Crippen MR) is 62.9 cm³/mol. The van der Waals surface area contributed by atoms with Crippen LogP contribution in [0.2, 0.25) is 0 Å². The fraction of sp³-hybridized carbons (Fsp3) is 0.308. The number of benzene rings is 1. The van der Waals surface area contributed by atoms with Gasteiger partial charge in [0, 0.05) is 0 Å². The molecular weight excluding hydrogens is 220 g/mol. The van der Waals surface area contributed by atoms with E-state index < -0.39 is 6.16 Å². The molecule has 0 spiro atoms. The third kappa shape index (κ3) is 4.59. The molecule has 92 valence electrons. The smallest absolute Gasteiger partial charge is 0.424 e. The minimum atomic E-state index is -0.868. The lowest BCUT2D eigenvalue weighted by molar-refractivity contribution is -0.212. The Hall–Kier alpha value is -1.97. The first-order valence-corrected chi connectivity index (χ1v) is 5.47. The molecule has 1 aromatic rings. The van der Waals surface area contributed by atoms with E-state index in [1.54, 1.807) is 0 Å². The molecule has 1 unspecified atom stereocenters. The van der Waals surface area contributed by atoms with Crippen molar-refractivity contribution in [3.63, 3.8) is 0 Å². The summed E-state index contributed by atoms with van der Waals surface area (Å²) in [5.41, 5.74) is 0.935. The third-order valence-corrected chi connectivity index (χ3v) is 2.14. The number of carbonyl (C=O) groups is 1. The van der Waals surface area contributed by atoms with Gasteiger partial charge in [-0.1, -0.05) is 50.3 Å². The highest BCUT2D eigenvalue weighted by Crippen LogP contribution is 2.23. The van der Waals surface area contributed by atoms with Crippen LogP contribution in [0.5, 0.6) is 0 Å². The third-order valence-electron chi connectivity index (χ3n) is 2.14. The van der Waals surface area contributed by atoms with Crippen LogP contribution in [0, 0.1) is 0 Å². The van der Waals surface area contributed by atoms with Crippen molar-refractivity contribution in [2.75, 3.05) is 0 Å². The highest BCUT2D eigenvalue weighted by molar-refractivity contribution is 5.59. The van der Waals surface area contributed by atoms with Gasteiger partial charge in [0.05, 0.1) is 0 Å². The number of hydrogen-bond donors (Lipinski definition) is 0. The number of carbonyl (C=O) groups excluding carboxylic acids is 1. The van der Waals surface area contributed by atoms with Crippen LogP contribution in [0.3, 0.4) is 0 Å². The molecule has 0 amide bonds. The van der Waals surface area contributed by atoms with Crippen LogP contribution >= 0.6 is 0 Å². The van der Waals surface area contributed by atoms with E-state index in [9.17, 15) is 4.79 Å². The van der Waals surface area contributed by atoms with Crippen LogP contribution in [0.15, 0.2) is 43.2 Å². The molecule has 0 radical (unpaired) electrons. The molecule has 17 heavy (non-hydrogen) atoms. The van der Waals surface area contributed by atoms with E-state index >= 15 is 0 Å². The lowest BCUT2D eigenvalue weighted by Crippen LogP contribution is -2.12. The van der Waals surface area contributed by atoms with Crippen LogP contribution in [-0.4, -0.2) is 6.16 Å². The molecule has 1 atom stereocenters. The lowest BCUT2D eigenvalue weighted by atomic mass is 10.1. The molecule has 0 saturated heterocycles. The van der Waals surface area contributed by atoms with Crippen LogP contribution in [0.4, 0.5) is 4.79 Å². The molecule has 1 aromatic carbocycles. The maximum atomic E-state index is 11.2. The van der Waals surface area contributed by atoms with Crippen molar-refractivity contribution in [2.45, 2.75) is 25.9 Å². The minimum absolute atomic E-state index is 0.317. The average Bonchev–Trinajstić information content (AvgIpc) is 2.37. The van der Waals surface area contributed by atoms with Gasteiger partial charge in [0.2, 0.25) is 0 Å². The molecule has 4 nitrogen and oxygen atoms in total. The molecule has 0 N–H and O–H groups in total. The Balaban J connectivity index is 2.60. The Bertz CT molecular complexity index is 348. The zero-order chi connectivity index (χ0) is 12.5. The lowest BCUT2D eigenvalue weighted by Gasteiger charge is -2.16. The number of ether oxygens (including phenoxy) is 1. The summed E-state index contributed by atoms with van der Waals surface area (Å²) in [4.78, 5) is 19.9. The monoisotopic (exact) mass is 236 g/mol. The van der Waals surface area contributed by atoms with Crippen molar-refractivity contribution in [3.8, 4) is 0 Å². The standard InChI is InChI=1S/C13H16O4/c1-3-8-12(11-9-6-5-7-10-11)16-13(14)17-15-4-2/h4-7,9-10,12H,2-3,8H2,1H3. The van der Waals surface area contributed by atoms with E-state index in [0.717, 1.165) is 24.7 Å². The first kappa shape index (κ1) is 13.1. The molecule has 0 fully saturated rings. The van der Waals surface area contributed by atoms with Crippen LogP contribution < -0.4 is 0 Å². The molecule has 0 aliphatic carbocycles. The second kappa shape index (κ2) is 7.33. The number of hydrogen-bond acceptors (Lipinski definition) is 4. The zero-order valence-corrected chi connectivity index (χ0v) is 9.80. The van der Waals surface area contributed by atoms with Gasteiger partial charge >= 0.3 is 6.16 Å². The van der Waals surface area contributed by atoms with Gasteiger partial charge in [-0.25, -0.2) is 4.89 Å². The highest BCUT2D eigenvalue weighted by Gasteiger charge is 2.17. The first-order valence-electron chi connectivity index (χ1n) is 5.47. The predicted octanol–water partition coefficient (Wildman–Crippen LogP) is 3.76. The van der Waals surface area contributed by atoms with Crippen LogP contribution in [0.1, 0.15) is 31.4 Å².